The normalized spacial score (nSPS) is 37.5. The van der Waals surface area contributed by atoms with Crippen LogP contribution < -0.4 is 5.73 Å². The van der Waals surface area contributed by atoms with E-state index in [1.165, 1.54) is 51.6 Å². The Kier molecular flexibility index (Phi) is 4.62. The molecular formula is C13H26N2O. The first-order valence-electron chi connectivity index (χ1n) is 6.78. The molecule has 3 nitrogen and oxygen atoms in total. The molecule has 1 aliphatic carbocycles. The Morgan fingerprint density at radius 3 is 2.88 bits per heavy atom. The van der Waals surface area contributed by atoms with Gasteiger partial charge in [-0.3, -0.25) is 0 Å². The molecule has 0 aromatic heterocycles. The molecule has 0 bridgehead atoms. The van der Waals surface area contributed by atoms with Gasteiger partial charge in [0.25, 0.3) is 0 Å². The maximum Gasteiger partial charge on any atom is 0.0698 e. The predicted octanol–water partition coefficient (Wildman–Crippen LogP) is 1.61. The minimum absolute atomic E-state index is 0.460. The summed E-state index contributed by atoms with van der Waals surface area (Å²) >= 11 is 0. The molecule has 3 atom stereocenters. The Balaban J connectivity index is 1.75. The number of hydrogen-bond donors (Lipinski definition) is 1. The van der Waals surface area contributed by atoms with E-state index in [4.69, 9.17) is 10.5 Å². The van der Waals surface area contributed by atoms with E-state index in [0.29, 0.717) is 12.1 Å². The highest BCUT2D eigenvalue weighted by molar-refractivity contribution is 4.80. The molecule has 0 amide bonds. The fourth-order valence-corrected chi connectivity index (χ4v) is 3.23. The standard InChI is InChI=1S/C13H26N2O/c1-16-13-6-3-7-15(10-13)9-11-4-2-5-12(14)8-11/h11-13H,2-10,14H2,1H3. The fourth-order valence-electron chi connectivity index (χ4n) is 3.23. The molecule has 94 valence electrons. The van der Waals surface area contributed by atoms with Crippen molar-refractivity contribution in [1.29, 1.82) is 0 Å². The predicted molar refractivity (Wildman–Crippen MR) is 66.4 cm³/mol. The fraction of sp³-hybridized carbons (Fsp3) is 1.00. The lowest BCUT2D eigenvalue weighted by atomic mass is 9.85. The van der Waals surface area contributed by atoms with Gasteiger partial charge in [-0.25, -0.2) is 0 Å². The Bertz CT molecular complexity index is 210. The molecule has 0 aromatic rings. The number of rotatable bonds is 3. The lowest BCUT2D eigenvalue weighted by Gasteiger charge is -2.36. The SMILES string of the molecule is COC1CCCN(CC2CCCC(N)C2)C1. The minimum atomic E-state index is 0.460. The molecule has 1 saturated carbocycles. The van der Waals surface area contributed by atoms with Gasteiger partial charge in [-0.2, -0.15) is 0 Å². The van der Waals surface area contributed by atoms with Gasteiger partial charge in [0.1, 0.15) is 0 Å². The van der Waals surface area contributed by atoms with Gasteiger partial charge in [0, 0.05) is 26.2 Å². The third kappa shape index (κ3) is 3.44. The first-order chi connectivity index (χ1) is 7.78. The maximum absolute atomic E-state index is 6.04. The Morgan fingerprint density at radius 2 is 2.12 bits per heavy atom. The number of likely N-dealkylation sites (tertiary alicyclic amines) is 1. The largest absolute Gasteiger partial charge is 0.380 e. The van der Waals surface area contributed by atoms with Gasteiger partial charge < -0.3 is 15.4 Å². The van der Waals surface area contributed by atoms with Crippen molar-refractivity contribution < 1.29 is 4.74 Å². The van der Waals surface area contributed by atoms with Crippen LogP contribution in [0, 0.1) is 5.92 Å². The summed E-state index contributed by atoms with van der Waals surface area (Å²) in [4.78, 5) is 2.58. The van der Waals surface area contributed by atoms with Gasteiger partial charge >= 0.3 is 0 Å². The van der Waals surface area contributed by atoms with Crippen molar-refractivity contribution >= 4 is 0 Å². The van der Waals surface area contributed by atoms with Crippen LogP contribution in [0.5, 0.6) is 0 Å². The second-order valence-corrected chi connectivity index (χ2v) is 5.55. The van der Waals surface area contributed by atoms with Gasteiger partial charge in [-0.1, -0.05) is 6.42 Å². The van der Waals surface area contributed by atoms with Gasteiger partial charge in [-0.15, -0.1) is 0 Å². The maximum atomic E-state index is 6.04. The molecule has 3 unspecified atom stereocenters. The van der Waals surface area contributed by atoms with Crippen LogP contribution in [-0.4, -0.2) is 43.8 Å². The summed E-state index contributed by atoms with van der Waals surface area (Å²) in [6.45, 7) is 3.63. The molecule has 2 rings (SSSR count). The zero-order chi connectivity index (χ0) is 11.4. The molecule has 2 fully saturated rings. The molecule has 1 saturated heterocycles. The molecule has 0 aromatic carbocycles. The molecular weight excluding hydrogens is 200 g/mol. The Morgan fingerprint density at radius 1 is 1.25 bits per heavy atom. The summed E-state index contributed by atoms with van der Waals surface area (Å²) in [7, 11) is 1.84. The zero-order valence-corrected chi connectivity index (χ0v) is 10.5. The van der Waals surface area contributed by atoms with E-state index >= 15 is 0 Å². The molecule has 3 heteroatoms. The van der Waals surface area contributed by atoms with Gasteiger partial charge in [0.05, 0.1) is 6.10 Å². The lowest BCUT2D eigenvalue weighted by molar-refractivity contribution is 0.0232. The topological polar surface area (TPSA) is 38.5 Å². The van der Waals surface area contributed by atoms with Crippen LogP contribution in [0.1, 0.15) is 38.5 Å². The summed E-state index contributed by atoms with van der Waals surface area (Å²) < 4.78 is 5.47. The van der Waals surface area contributed by atoms with Crippen molar-refractivity contribution in [2.75, 3.05) is 26.7 Å². The Hall–Kier alpha value is -0.120. The van der Waals surface area contributed by atoms with E-state index in [1.807, 2.05) is 7.11 Å². The van der Waals surface area contributed by atoms with Crippen LogP contribution in [0.25, 0.3) is 0 Å². The zero-order valence-electron chi connectivity index (χ0n) is 10.5. The van der Waals surface area contributed by atoms with Crippen LogP contribution in [0.3, 0.4) is 0 Å². The molecule has 2 aliphatic rings. The van der Waals surface area contributed by atoms with Crippen molar-refractivity contribution in [2.45, 2.75) is 50.7 Å². The van der Waals surface area contributed by atoms with Crippen LogP contribution in [0.4, 0.5) is 0 Å². The molecule has 0 spiro atoms. The van der Waals surface area contributed by atoms with Crippen LogP contribution in [0.15, 0.2) is 0 Å². The van der Waals surface area contributed by atoms with E-state index in [2.05, 4.69) is 4.90 Å². The number of hydrogen-bond acceptors (Lipinski definition) is 3. The number of nitrogens with zero attached hydrogens (tertiary/aromatic N) is 1. The minimum Gasteiger partial charge on any atom is -0.380 e. The summed E-state index contributed by atoms with van der Waals surface area (Å²) in [5.74, 6) is 0.833. The molecule has 0 radical (unpaired) electrons. The molecule has 1 aliphatic heterocycles. The van der Waals surface area contributed by atoms with E-state index in [9.17, 15) is 0 Å². The second kappa shape index (κ2) is 5.99. The third-order valence-electron chi connectivity index (χ3n) is 4.14. The van der Waals surface area contributed by atoms with Crippen molar-refractivity contribution in [3.63, 3.8) is 0 Å². The quantitative estimate of drug-likeness (QED) is 0.794. The van der Waals surface area contributed by atoms with Crippen molar-refractivity contribution in [1.82, 2.24) is 4.90 Å². The molecule has 1 heterocycles. The number of ether oxygens (including phenoxy) is 1. The summed E-state index contributed by atoms with van der Waals surface area (Å²) in [5, 5.41) is 0. The van der Waals surface area contributed by atoms with Crippen LogP contribution >= 0.6 is 0 Å². The number of nitrogens with two attached hydrogens (primary N) is 1. The summed E-state index contributed by atoms with van der Waals surface area (Å²) in [6, 6.07) is 0.460. The van der Waals surface area contributed by atoms with E-state index in [1.54, 1.807) is 0 Å². The van der Waals surface area contributed by atoms with Crippen molar-refractivity contribution in [3.8, 4) is 0 Å². The van der Waals surface area contributed by atoms with Crippen LogP contribution in [0.2, 0.25) is 0 Å². The first kappa shape index (κ1) is 12.3. The third-order valence-corrected chi connectivity index (χ3v) is 4.14. The molecule has 16 heavy (non-hydrogen) atoms. The van der Waals surface area contributed by atoms with Gasteiger partial charge in [0.15, 0.2) is 0 Å². The summed E-state index contributed by atoms with van der Waals surface area (Å²) in [5.41, 5.74) is 6.04. The van der Waals surface area contributed by atoms with E-state index in [-0.39, 0.29) is 0 Å². The van der Waals surface area contributed by atoms with E-state index < -0.39 is 0 Å². The van der Waals surface area contributed by atoms with Crippen molar-refractivity contribution in [3.05, 3.63) is 0 Å². The van der Waals surface area contributed by atoms with E-state index in [0.717, 1.165) is 12.5 Å². The highest BCUT2D eigenvalue weighted by Crippen LogP contribution is 2.25. The average Bonchev–Trinajstić information content (AvgIpc) is 2.29. The monoisotopic (exact) mass is 226 g/mol. The summed E-state index contributed by atoms with van der Waals surface area (Å²) in [6.07, 6.45) is 8.15. The van der Waals surface area contributed by atoms with Gasteiger partial charge in [-0.05, 0) is 44.6 Å². The number of methoxy groups -OCH3 is 1. The highest BCUT2D eigenvalue weighted by atomic mass is 16.5. The highest BCUT2D eigenvalue weighted by Gasteiger charge is 2.25. The van der Waals surface area contributed by atoms with Crippen LogP contribution in [-0.2, 0) is 4.74 Å². The van der Waals surface area contributed by atoms with Gasteiger partial charge in [0.2, 0.25) is 0 Å². The average molecular weight is 226 g/mol. The second-order valence-electron chi connectivity index (χ2n) is 5.55. The van der Waals surface area contributed by atoms with Crippen molar-refractivity contribution in [2.24, 2.45) is 11.7 Å². The lowest BCUT2D eigenvalue weighted by Crippen LogP contribution is -2.43. The smallest absolute Gasteiger partial charge is 0.0698 e. The number of piperidine rings is 1. The Labute approximate surface area is 99.3 Å². The first-order valence-corrected chi connectivity index (χ1v) is 6.78. The molecule has 2 N–H and O–H groups in total.